The second-order valence-electron chi connectivity index (χ2n) is 7.08. The lowest BCUT2D eigenvalue weighted by Gasteiger charge is -2.37. The van der Waals surface area contributed by atoms with Crippen molar-refractivity contribution in [2.75, 3.05) is 14.1 Å². The van der Waals surface area contributed by atoms with Gasteiger partial charge in [-0.3, -0.25) is 4.79 Å². The van der Waals surface area contributed by atoms with Crippen LogP contribution in [0.2, 0.25) is 0 Å². The molecule has 0 aliphatic heterocycles. The van der Waals surface area contributed by atoms with Crippen LogP contribution in [0.25, 0.3) is 0 Å². The van der Waals surface area contributed by atoms with Gasteiger partial charge in [-0.2, -0.15) is 0 Å². The topological polar surface area (TPSA) is 58.4 Å². The molecule has 1 amide bonds. The van der Waals surface area contributed by atoms with Gasteiger partial charge in [0.25, 0.3) is 0 Å². The van der Waals surface area contributed by atoms with Gasteiger partial charge in [-0.1, -0.05) is 37.1 Å². The van der Waals surface area contributed by atoms with E-state index in [1.54, 1.807) is 0 Å². The number of hydrogen-bond donors (Lipinski definition) is 2. The second kappa shape index (κ2) is 10.2. The van der Waals surface area contributed by atoms with Crippen LogP contribution >= 0.6 is 24.8 Å². The summed E-state index contributed by atoms with van der Waals surface area (Å²) in [4.78, 5) is 14.6. The maximum Gasteiger partial charge on any atom is 0.225 e. The molecule has 1 aromatic rings. The number of carbonyl (C=O) groups excluding carboxylic acids is 1. The van der Waals surface area contributed by atoms with Crippen LogP contribution in [0.15, 0.2) is 24.3 Å². The van der Waals surface area contributed by atoms with Crippen LogP contribution in [0.1, 0.15) is 43.7 Å². The zero-order chi connectivity index (χ0) is 16.2. The number of carbonyl (C=O) groups is 1. The van der Waals surface area contributed by atoms with Crippen molar-refractivity contribution in [3.05, 3.63) is 35.4 Å². The van der Waals surface area contributed by atoms with Gasteiger partial charge in [-0.05, 0) is 45.0 Å². The number of halogens is 2. The minimum absolute atomic E-state index is 0. The maximum atomic E-state index is 12.5. The van der Waals surface area contributed by atoms with E-state index in [9.17, 15) is 4.79 Å². The molecule has 4 nitrogen and oxygen atoms in total. The Morgan fingerprint density at radius 1 is 1.29 bits per heavy atom. The number of amides is 1. The molecule has 0 radical (unpaired) electrons. The van der Waals surface area contributed by atoms with Crippen LogP contribution in [0, 0.1) is 5.92 Å². The number of benzene rings is 1. The first kappa shape index (κ1) is 23.2. The molecule has 0 saturated heterocycles. The summed E-state index contributed by atoms with van der Waals surface area (Å²) in [6.45, 7) is 3.49. The largest absolute Gasteiger partial charge is 0.352 e. The molecule has 0 spiro atoms. The summed E-state index contributed by atoms with van der Waals surface area (Å²) < 4.78 is 0. The lowest BCUT2D eigenvalue weighted by molar-refractivity contribution is -0.128. The first-order chi connectivity index (χ1) is 10.4. The number of rotatable bonds is 5. The third-order valence-corrected chi connectivity index (χ3v) is 4.53. The molecular formula is C18H31Cl2N3O. The number of hydrogen-bond acceptors (Lipinski definition) is 3. The van der Waals surface area contributed by atoms with Gasteiger partial charge in [0.05, 0.1) is 5.92 Å². The summed E-state index contributed by atoms with van der Waals surface area (Å²) in [5.74, 6) is 0.0360. The van der Waals surface area contributed by atoms with Crippen LogP contribution in [0.5, 0.6) is 0 Å². The van der Waals surface area contributed by atoms with Crippen molar-refractivity contribution < 1.29 is 4.79 Å². The summed E-state index contributed by atoms with van der Waals surface area (Å²) >= 11 is 0. The van der Waals surface area contributed by atoms with Crippen LogP contribution in [-0.2, 0) is 17.9 Å². The van der Waals surface area contributed by atoms with Gasteiger partial charge in [0, 0.05) is 18.6 Å². The van der Waals surface area contributed by atoms with E-state index in [4.69, 9.17) is 5.73 Å². The first-order valence-electron chi connectivity index (χ1n) is 8.17. The Morgan fingerprint density at radius 3 is 2.58 bits per heavy atom. The number of nitrogens with one attached hydrogen (secondary N) is 1. The summed E-state index contributed by atoms with van der Waals surface area (Å²) in [5, 5.41) is 3.07. The highest BCUT2D eigenvalue weighted by Gasteiger charge is 2.37. The van der Waals surface area contributed by atoms with E-state index >= 15 is 0 Å². The Bertz CT molecular complexity index is 521. The van der Waals surface area contributed by atoms with Crippen molar-refractivity contribution in [1.82, 2.24) is 10.2 Å². The van der Waals surface area contributed by atoms with Gasteiger partial charge in [0.1, 0.15) is 0 Å². The molecule has 2 unspecified atom stereocenters. The zero-order valence-corrected chi connectivity index (χ0v) is 16.5. The molecule has 24 heavy (non-hydrogen) atoms. The third kappa shape index (κ3) is 6.60. The molecule has 1 aliphatic rings. The molecule has 6 heteroatoms. The lowest BCUT2D eigenvalue weighted by atomic mass is 9.74. The van der Waals surface area contributed by atoms with Crippen molar-refractivity contribution in [3.8, 4) is 0 Å². The van der Waals surface area contributed by atoms with Gasteiger partial charge in [-0.15, -0.1) is 24.8 Å². The Morgan fingerprint density at radius 2 is 1.96 bits per heavy atom. The van der Waals surface area contributed by atoms with Crippen LogP contribution in [0.4, 0.5) is 0 Å². The standard InChI is InChI=1S/C18H29N3O.2ClH/c1-18(19)10-5-4-9-16(18)17(22)20-12-14-7-6-8-15(11-14)13-21(2)3;;/h6-8,11,16H,4-5,9-10,12-13,19H2,1-3H3,(H,20,22);2*1H. The highest BCUT2D eigenvalue weighted by Crippen LogP contribution is 2.31. The van der Waals surface area contributed by atoms with Gasteiger partial charge in [0.15, 0.2) is 0 Å². The van der Waals surface area contributed by atoms with Crippen molar-refractivity contribution in [2.45, 2.75) is 51.2 Å². The fraction of sp³-hybridized carbons (Fsp3) is 0.611. The molecule has 1 saturated carbocycles. The Hall–Kier alpha value is -0.810. The average molecular weight is 376 g/mol. The van der Waals surface area contributed by atoms with E-state index in [0.717, 1.165) is 37.8 Å². The highest BCUT2D eigenvalue weighted by atomic mass is 35.5. The lowest BCUT2D eigenvalue weighted by Crippen LogP contribution is -2.52. The Kier molecular flexibility index (Phi) is 9.90. The van der Waals surface area contributed by atoms with Crippen LogP contribution in [-0.4, -0.2) is 30.4 Å². The normalized spacial score (nSPS) is 23.1. The van der Waals surface area contributed by atoms with Gasteiger partial charge >= 0.3 is 0 Å². The van der Waals surface area contributed by atoms with Crippen LogP contribution in [0.3, 0.4) is 0 Å². The molecule has 3 N–H and O–H groups in total. The molecular weight excluding hydrogens is 345 g/mol. The number of nitrogens with two attached hydrogens (primary N) is 1. The van der Waals surface area contributed by atoms with E-state index in [1.165, 1.54) is 5.56 Å². The highest BCUT2D eigenvalue weighted by molar-refractivity contribution is 5.85. The minimum Gasteiger partial charge on any atom is -0.352 e. The monoisotopic (exact) mass is 375 g/mol. The molecule has 1 aliphatic carbocycles. The van der Waals surface area contributed by atoms with Crippen molar-refractivity contribution >= 4 is 30.7 Å². The predicted molar refractivity (Wildman–Crippen MR) is 105 cm³/mol. The number of nitrogens with zero attached hydrogens (tertiary/aromatic N) is 1. The van der Waals surface area contributed by atoms with E-state index in [1.807, 2.05) is 13.0 Å². The predicted octanol–water partition coefficient (Wildman–Crippen LogP) is 3.12. The van der Waals surface area contributed by atoms with E-state index < -0.39 is 0 Å². The fourth-order valence-corrected chi connectivity index (χ4v) is 3.30. The smallest absolute Gasteiger partial charge is 0.225 e. The summed E-state index contributed by atoms with van der Waals surface area (Å²) in [6, 6.07) is 8.38. The molecule has 2 atom stereocenters. The van der Waals surface area contributed by atoms with Gasteiger partial charge in [0.2, 0.25) is 5.91 Å². The van der Waals surface area contributed by atoms with E-state index in [2.05, 4.69) is 42.5 Å². The van der Waals surface area contributed by atoms with Crippen molar-refractivity contribution in [3.63, 3.8) is 0 Å². The quantitative estimate of drug-likeness (QED) is 0.830. The molecule has 2 rings (SSSR count). The van der Waals surface area contributed by atoms with Crippen molar-refractivity contribution in [1.29, 1.82) is 0 Å². The maximum absolute atomic E-state index is 12.5. The Labute approximate surface area is 158 Å². The minimum atomic E-state index is -0.366. The van der Waals surface area contributed by atoms with Crippen molar-refractivity contribution in [2.24, 2.45) is 11.7 Å². The third-order valence-electron chi connectivity index (χ3n) is 4.53. The molecule has 0 aromatic heterocycles. The molecule has 1 aromatic carbocycles. The zero-order valence-electron chi connectivity index (χ0n) is 14.9. The van der Waals surface area contributed by atoms with Crippen LogP contribution < -0.4 is 11.1 Å². The molecule has 1 fully saturated rings. The summed E-state index contributed by atoms with van der Waals surface area (Å²) in [7, 11) is 4.11. The van der Waals surface area contributed by atoms with Gasteiger partial charge in [-0.25, -0.2) is 0 Å². The fourth-order valence-electron chi connectivity index (χ4n) is 3.30. The van der Waals surface area contributed by atoms with Gasteiger partial charge < -0.3 is 16.0 Å². The average Bonchev–Trinajstić information content (AvgIpc) is 2.44. The second-order valence-corrected chi connectivity index (χ2v) is 7.08. The Balaban J connectivity index is 0.00000264. The molecule has 138 valence electrons. The first-order valence-corrected chi connectivity index (χ1v) is 8.17. The summed E-state index contributed by atoms with van der Waals surface area (Å²) in [5.41, 5.74) is 8.34. The molecule has 0 bridgehead atoms. The molecule has 0 heterocycles. The SMILES string of the molecule is CN(C)Cc1cccc(CNC(=O)C2CCCCC2(C)N)c1.Cl.Cl. The summed E-state index contributed by atoms with van der Waals surface area (Å²) in [6.07, 6.45) is 4.06. The van der Waals surface area contributed by atoms with E-state index in [0.29, 0.717) is 6.54 Å². The van der Waals surface area contributed by atoms with E-state index in [-0.39, 0.29) is 42.2 Å².